The van der Waals surface area contributed by atoms with Crippen molar-refractivity contribution < 1.29 is 13.7 Å². The summed E-state index contributed by atoms with van der Waals surface area (Å²) in [6.45, 7) is -0.00647. The number of carbonyl (C=O) groups is 1. The molecule has 4 aromatic rings. The molecular formula is C21H18N4O5S. The maximum Gasteiger partial charge on any atom is 0.337 e. The quantitative estimate of drug-likeness (QED) is 0.472. The van der Waals surface area contributed by atoms with E-state index in [2.05, 4.69) is 14.7 Å². The number of nitrogens with one attached hydrogen (secondary N) is 1. The zero-order valence-corrected chi connectivity index (χ0v) is 17.5. The first-order valence-electron chi connectivity index (χ1n) is 9.20. The normalized spacial score (nSPS) is 12.1. The van der Waals surface area contributed by atoms with E-state index in [9.17, 15) is 18.6 Å². The summed E-state index contributed by atoms with van der Waals surface area (Å²) >= 11 is 0. The van der Waals surface area contributed by atoms with Gasteiger partial charge in [-0.15, -0.1) is 0 Å². The number of nitrogens with zero attached hydrogens (tertiary/aromatic N) is 3. The maximum atomic E-state index is 13.3. The summed E-state index contributed by atoms with van der Waals surface area (Å²) in [5.74, 6) is -0.474. The topological polar surface area (TPSA) is 116 Å². The Morgan fingerprint density at radius 1 is 1.16 bits per heavy atom. The van der Waals surface area contributed by atoms with Gasteiger partial charge in [0.15, 0.2) is 5.65 Å². The van der Waals surface area contributed by atoms with E-state index in [0.29, 0.717) is 21.7 Å². The Kier molecular flexibility index (Phi) is 5.38. The van der Waals surface area contributed by atoms with Gasteiger partial charge in [-0.05, 0) is 35.9 Å². The molecule has 2 aromatic heterocycles. The van der Waals surface area contributed by atoms with Crippen molar-refractivity contribution in [3.63, 3.8) is 0 Å². The van der Waals surface area contributed by atoms with Crippen LogP contribution in [0.5, 0.6) is 0 Å². The van der Waals surface area contributed by atoms with Crippen molar-refractivity contribution in [2.24, 2.45) is 0 Å². The minimum absolute atomic E-state index is 0.00647. The Labute approximate surface area is 178 Å². The van der Waals surface area contributed by atoms with Crippen LogP contribution in [0.1, 0.15) is 15.9 Å². The number of hydrogen-bond donors (Lipinski definition) is 1. The van der Waals surface area contributed by atoms with Crippen molar-refractivity contribution in [3.05, 3.63) is 86.8 Å². The molecule has 0 radical (unpaired) electrons. The van der Waals surface area contributed by atoms with Crippen LogP contribution in [0.3, 0.4) is 0 Å². The van der Waals surface area contributed by atoms with Crippen LogP contribution in [0.25, 0.3) is 16.9 Å². The van der Waals surface area contributed by atoms with Gasteiger partial charge in [-0.2, -0.15) is 0 Å². The number of ether oxygens (including phenoxy) is 1. The first kappa shape index (κ1) is 20.5. The van der Waals surface area contributed by atoms with Crippen LogP contribution in [-0.4, -0.2) is 42.6 Å². The Bertz CT molecular complexity index is 1430. The van der Waals surface area contributed by atoms with Gasteiger partial charge in [0.2, 0.25) is 0 Å². The second-order valence-corrected chi connectivity index (χ2v) is 8.13. The number of aromatic amines is 1. The van der Waals surface area contributed by atoms with Crippen molar-refractivity contribution in [2.45, 2.75) is 11.4 Å². The summed E-state index contributed by atoms with van der Waals surface area (Å²) < 4.78 is 19.0. The Morgan fingerprint density at radius 3 is 2.58 bits per heavy atom. The fraction of sp³-hybridized carbons (Fsp3) is 0.143. The van der Waals surface area contributed by atoms with Crippen molar-refractivity contribution in [1.29, 1.82) is 0 Å². The highest BCUT2D eigenvalue weighted by atomic mass is 32.2. The zero-order chi connectivity index (χ0) is 22.1. The molecule has 158 valence electrons. The molecule has 1 N–H and O–H groups in total. The highest BCUT2D eigenvalue weighted by molar-refractivity contribution is 7.84. The second-order valence-electron chi connectivity index (χ2n) is 6.75. The molecule has 0 saturated carbocycles. The number of imidazole rings is 1. The summed E-state index contributed by atoms with van der Waals surface area (Å²) in [6, 6.07) is 13.2. The maximum absolute atomic E-state index is 13.3. The van der Waals surface area contributed by atoms with Crippen LogP contribution >= 0.6 is 0 Å². The van der Waals surface area contributed by atoms with Crippen molar-refractivity contribution in [2.75, 3.05) is 13.4 Å². The van der Waals surface area contributed by atoms with E-state index < -0.39 is 28.0 Å². The van der Waals surface area contributed by atoms with Crippen molar-refractivity contribution in [3.8, 4) is 5.69 Å². The van der Waals surface area contributed by atoms with Gasteiger partial charge >= 0.3 is 11.7 Å². The SMILES string of the molecule is COC(=O)c1ccc(Cn2c(=O)c3[nH]cnc3n(-c3cccc(S(C)=O)c3)c2=O)cc1. The molecular weight excluding hydrogens is 420 g/mol. The number of carbonyl (C=O) groups excluding carboxylic acids is 1. The van der Waals surface area contributed by atoms with Crippen molar-refractivity contribution in [1.82, 2.24) is 19.1 Å². The number of fused-ring (bicyclic) bond motifs is 1. The molecule has 4 rings (SSSR count). The van der Waals surface area contributed by atoms with E-state index in [1.165, 1.54) is 18.0 Å². The fourth-order valence-electron chi connectivity index (χ4n) is 3.27. The van der Waals surface area contributed by atoms with Gasteiger partial charge < -0.3 is 9.72 Å². The summed E-state index contributed by atoms with van der Waals surface area (Å²) in [6.07, 6.45) is 2.89. The van der Waals surface area contributed by atoms with Gasteiger partial charge in [0, 0.05) is 22.0 Å². The minimum atomic E-state index is -1.24. The monoisotopic (exact) mass is 438 g/mol. The summed E-state index contributed by atoms with van der Waals surface area (Å²) in [5.41, 5.74) is 0.733. The lowest BCUT2D eigenvalue weighted by molar-refractivity contribution is 0.0600. The number of aromatic nitrogens is 4. The van der Waals surface area contributed by atoms with Crippen LogP contribution < -0.4 is 11.2 Å². The van der Waals surface area contributed by atoms with Crippen molar-refractivity contribution >= 4 is 27.9 Å². The predicted molar refractivity (Wildman–Crippen MR) is 115 cm³/mol. The van der Waals surface area contributed by atoms with E-state index in [1.807, 2.05) is 0 Å². The lowest BCUT2D eigenvalue weighted by atomic mass is 10.1. The lowest BCUT2D eigenvalue weighted by Crippen LogP contribution is -2.39. The highest BCUT2D eigenvalue weighted by Crippen LogP contribution is 2.15. The largest absolute Gasteiger partial charge is 0.465 e. The third kappa shape index (κ3) is 3.73. The number of H-pyrrole nitrogens is 1. The minimum Gasteiger partial charge on any atom is -0.465 e. The Hall–Kier alpha value is -3.79. The predicted octanol–water partition coefficient (Wildman–Crippen LogP) is 1.45. The van der Waals surface area contributed by atoms with Gasteiger partial charge in [-0.3, -0.25) is 13.6 Å². The van der Waals surface area contributed by atoms with Crippen LogP contribution in [0.2, 0.25) is 0 Å². The smallest absolute Gasteiger partial charge is 0.337 e. The summed E-state index contributed by atoms with van der Waals surface area (Å²) in [7, 11) is 0.0507. The van der Waals surface area contributed by atoms with Gasteiger partial charge in [-0.25, -0.2) is 19.1 Å². The molecule has 0 saturated heterocycles. The standard InChI is InChI=1S/C21H18N4O5S/c1-30-20(27)14-8-6-13(7-9-14)11-24-19(26)17-18(23-12-22-17)25(21(24)28)15-4-3-5-16(10-15)31(2)29/h3-10,12H,11H2,1-2H3,(H,22,23). The molecule has 2 heterocycles. The molecule has 0 amide bonds. The Balaban J connectivity index is 1.87. The zero-order valence-electron chi connectivity index (χ0n) is 16.7. The number of esters is 1. The molecule has 10 heteroatoms. The Morgan fingerprint density at radius 2 is 1.90 bits per heavy atom. The van der Waals surface area contributed by atoms with E-state index in [1.54, 1.807) is 54.8 Å². The fourth-order valence-corrected chi connectivity index (χ4v) is 3.82. The first-order chi connectivity index (χ1) is 14.9. The third-order valence-corrected chi connectivity index (χ3v) is 5.75. The van der Waals surface area contributed by atoms with Crippen LogP contribution in [0.15, 0.2) is 69.3 Å². The summed E-state index contributed by atoms with van der Waals surface area (Å²) in [4.78, 5) is 45.4. The molecule has 0 aliphatic carbocycles. The van der Waals surface area contributed by atoms with Gasteiger partial charge in [0.1, 0.15) is 5.52 Å². The van der Waals surface area contributed by atoms with Crippen LogP contribution in [0.4, 0.5) is 0 Å². The molecule has 0 aliphatic rings. The van der Waals surface area contributed by atoms with E-state index >= 15 is 0 Å². The number of hydrogen-bond acceptors (Lipinski definition) is 6. The highest BCUT2D eigenvalue weighted by Gasteiger charge is 2.17. The van der Waals surface area contributed by atoms with Gasteiger partial charge in [-0.1, -0.05) is 18.2 Å². The number of methoxy groups -OCH3 is 1. The average molecular weight is 438 g/mol. The van der Waals surface area contributed by atoms with E-state index in [4.69, 9.17) is 0 Å². The molecule has 1 atom stereocenters. The van der Waals surface area contributed by atoms with E-state index in [0.717, 1.165) is 4.57 Å². The lowest BCUT2D eigenvalue weighted by Gasteiger charge is -2.12. The van der Waals surface area contributed by atoms with Gasteiger partial charge in [0.25, 0.3) is 5.56 Å². The second kappa shape index (κ2) is 8.15. The molecule has 2 aromatic carbocycles. The van der Waals surface area contributed by atoms with E-state index in [-0.39, 0.29) is 17.7 Å². The average Bonchev–Trinajstić information content (AvgIpc) is 3.26. The van der Waals surface area contributed by atoms with Crippen LogP contribution in [0, 0.1) is 0 Å². The third-order valence-electron chi connectivity index (χ3n) is 4.84. The molecule has 0 aliphatic heterocycles. The number of benzene rings is 2. The molecule has 31 heavy (non-hydrogen) atoms. The molecule has 0 fully saturated rings. The van der Waals surface area contributed by atoms with Crippen LogP contribution in [-0.2, 0) is 22.1 Å². The van der Waals surface area contributed by atoms with Gasteiger partial charge in [0.05, 0.1) is 31.2 Å². The molecule has 9 nitrogen and oxygen atoms in total. The molecule has 0 spiro atoms. The first-order valence-corrected chi connectivity index (χ1v) is 10.8. The molecule has 0 bridgehead atoms. The summed E-state index contributed by atoms with van der Waals surface area (Å²) in [5, 5.41) is 0. The molecule has 1 unspecified atom stereocenters. The number of rotatable bonds is 5.